The normalized spacial score (nSPS) is 11.6. The second kappa shape index (κ2) is 8.11. The number of hydrogen-bond donors (Lipinski definition) is 3. The van der Waals surface area contributed by atoms with E-state index in [1.807, 2.05) is 13.8 Å². The zero-order valence-corrected chi connectivity index (χ0v) is 12.0. The number of ether oxygens (including phenoxy) is 2. The first-order valence-electron chi connectivity index (χ1n) is 6.58. The third-order valence-corrected chi connectivity index (χ3v) is 2.55. The van der Waals surface area contributed by atoms with Crippen LogP contribution in [-0.2, 0) is 4.79 Å². The highest BCUT2D eigenvalue weighted by molar-refractivity contribution is 5.95. The summed E-state index contributed by atoms with van der Waals surface area (Å²) in [6.07, 6.45) is -1.64. The molecule has 0 bridgehead atoms. The number of hydrogen-bond acceptors (Lipinski definition) is 5. The lowest BCUT2D eigenvalue weighted by atomic mass is 10.2. The van der Waals surface area contributed by atoms with E-state index in [0.29, 0.717) is 30.3 Å². The topological polar surface area (TPSA) is 105 Å². The molecule has 1 atom stereocenters. The van der Waals surface area contributed by atoms with Crippen molar-refractivity contribution in [2.45, 2.75) is 20.0 Å². The molecule has 0 saturated carbocycles. The second-order valence-corrected chi connectivity index (χ2v) is 4.09. The van der Waals surface area contributed by atoms with Crippen LogP contribution in [0.25, 0.3) is 0 Å². The smallest absolute Gasteiger partial charge is 0.334 e. The van der Waals surface area contributed by atoms with Crippen molar-refractivity contribution in [2.75, 3.05) is 19.8 Å². The highest BCUT2D eigenvalue weighted by atomic mass is 16.5. The van der Waals surface area contributed by atoms with E-state index in [1.165, 1.54) is 12.1 Å². The quantitative estimate of drug-likeness (QED) is 0.651. The summed E-state index contributed by atoms with van der Waals surface area (Å²) in [5, 5.41) is 20.0. The molecule has 0 aromatic heterocycles. The van der Waals surface area contributed by atoms with Crippen molar-refractivity contribution >= 4 is 11.9 Å². The van der Waals surface area contributed by atoms with Crippen LogP contribution in [0.3, 0.4) is 0 Å². The highest BCUT2D eigenvalue weighted by Gasteiger charge is 2.16. The lowest BCUT2D eigenvalue weighted by Gasteiger charge is -2.13. The molecule has 0 aliphatic heterocycles. The van der Waals surface area contributed by atoms with Gasteiger partial charge in [-0.25, -0.2) is 4.79 Å². The van der Waals surface area contributed by atoms with Crippen LogP contribution in [0, 0.1) is 0 Å². The Hall–Kier alpha value is -2.28. The van der Waals surface area contributed by atoms with Gasteiger partial charge in [0.05, 0.1) is 19.8 Å². The van der Waals surface area contributed by atoms with Crippen molar-refractivity contribution in [2.24, 2.45) is 0 Å². The van der Waals surface area contributed by atoms with E-state index in [-0.39, 0.29) is 6.54 Å². The molecule has 0 aliphatic carbocycles. The molecular weight excluding hydrogens is 278 g/mol. The predicted molar refractivity (Wildman–Crippen MR) is 74.8 cm³/mol. The fraction of sp³-hybridized carbons (Fsp3) is 0.429. The Morgan fingerprint density at radius 3 is 2.38 bits per heavy atom. The lowest BCUT2D eigenvalue weighted by Crippen LogP contribution is -2.36. The van der Waals surface area contributed by atoms with Crippen molar-refractivity contribution in [3.63, 3.8) is 0 Å². The van der Waals surface area contributed by atoms with Crippen LogP contribution in [0.2, 0.25) is 0 Å². The van der Waals surface area contributed by atoms with Gasteiger partial charge in [0.15, 0.2) is 17.6 Å². The van der Waals surface area contributed by atoms with E-state index in [2.05, 4.69) is 5.32 Å². The van der Waals surface area contributed by atoms with E-state index >= 15 is 0 Å². The van der Waals surface area contributed by atoms with Crippen LogP contribution in [0.1, 0.15) is 24.2 Å². The molecular formula is C14H19NO6. The lowest BCUT2D eigenvalue weighted by molar-refractivity contribution is -0.146. The summed E-state index contributed by atoms with van der Waals surface area (Å²) in [6, 6.07) is 4.66. The molecule has 0 saturated heterocycles. The predicted octanol–water partition coefficient (Wildman–Crippen LogP) is 0.659. The Morgan fingerprint density at radius 2 is 1.81 bits per heavy atom. The van der Waals surface area contributed by atoms with Crippen LogP contribution in [0.15, 0.2) is 18.2 Å². The van der Waals surface area contributed by atoms with Crippen LogP contribution in [-0.4, -0.2) is 48.0 Å². The average Bonchev–Trinajstić information content (AvgIpc) is 2.46. The van der Waals surface area contributed by atoms with Crippen molar-refractivity contribution < 1.29 is 29.3 Å². The summed E-state index contributed by atoms with van der Waals surface area (Å²) in [5.41, 5.74) is 0.291. The number of benzene rings is 1. The number of carboxylic acids is 1. The van der Waals surface area contributed by atoms with Gasteiger partial charge in [-0.05, 0) is 32.0 Å². The maximum Gasteiger partial charge on any atom is 0.334 e. The van der Waals surface area contributed by atoms with Crippen LogP contribution in [0.5, 0.6) is 11.5 Å². The molecule has 1 amide bonds. The largest absolute Gasteiger partial charge is 0.490 e. The molecule has 1 aromatic carbocycles. The molecule has 3 N–H and O–H groups in total. The van der Waals surface area contributed by atoms with Crippen LogP contribution >= 0.6 is 0 Å². The van der Waals surface area contributed by atoms with Gasteiger partial charge in [0.1, 0.15) is 0 Å². The maximum absolute atomic E-state index is 11.9. The number of carbonyl (C=O) groups is 2. The number of carboxylic acid groups (broad SMARTS) is 1. The monoisotopic (exact) mass is 297 g/mol. The fourth-order valence-electron chi connectivity index (χ4n) is 1.57. The molecule has 0 radical (unpaired) electrons. The number of amides is 1. The van der Waals surface area contributed by atoms with Gasteiger partial charge in [-0.1, -0.05) is 0 Å². The summed E-state index contributed by atoms with van der Waals surface area (Å²) in [4.78, 5) is 22.4. The molecule has 0 aliphatic rings. The van der Waals surface area contributed by atoms with Crippen molar-refractivity contribution in [3.8, 4) is 11.5 Å². The van der Waals surface area contributed by atoms with E-state index in [0.717, 1.165) is 0 Å². The highest BCUT2D eigenvalue weighted by Crippen LogP contribution is 2.28. The molecule has 1 unspecified atom stereocenters. The minimum Gasteiger partial charge on any atom is -0.490 e. The molecule has 1 aromatic rings. The summed E-state index contributed by atoms with van der Waals surface area (Å²) < 4.78 is 10.8. The van der Waals surface area contributed by atoms with Gasteiger partial charge >= 0.3 is 5.97 Å². The first kappa shape index (κ1) is 16.8. The molecule has 0 heterocycles. The van der Waals surface area contributed by atoms with Crippen molar-refractivity contribution in [3.05, 3.63) is 23.8 Å². The van der Waals surface area contributed by atoms with E-state index in [4.69, 9.17) is 19.7 Å². The van der Waals surface area contributed by atoms with Gasteiger partial charge in [0.2, 0.25) is 0 Å². The minimum absolute atomic E-state index is 0.291. The third kappa shape index (κ3) is 4.96. The molecule has 7 heteroatoms. The molecule has 0 spiro atoms. The number of rotatable bonds is 8. The van der Waals surface area contributed by atoms with Gasteiger partial charge in [0, 0.05) is 5.56 Å². The standard InChI is InChI=1S/C14H19NO6/c1-3-20-11-6-5-9(7-12(11)21-4-2)13(17)15-8-10(16)14(18)19/h5-7,10,16H,3-4,8H2,1-2H3,(H,15,17)(H,18,19). The first-order valence-corrected chi connectivity index (χ1v) is 6.58. The molecule has 1 rings (SSSR count). The van der Waals surface area contributed by atoms with Gasteiger partial charge in [-0.2, -0.15) is 0 Å². The van der Waals surface area contributed by atoms with Crippen molar-refractivity contribution in [1.82, 2.24) is 5.32 Å². The number of aliphatic hydroxyl groups is 1. The number of aliphatic hydroxyl groups excluding tert-OH is 1. The SMILES string of the molecule is CCOc1ccc(C(=O)NCC(O)C(=O)O)cc1OCC. The Morgan fingerprint density at radius 1 is 1.19 bits per heavy atom. The molecule has 7 nitrogen and oxygen atoms in total. The Balaban J connectivity index is 2.80. The van der Waals surface area contributed by atoms with Crippen LogP contribution in [0.4, 0.5) is 0 Å². The Labute approximate surface area is 122 Å². The minimum atomic E-state index is -1.64. The maximum atomic E-state index is 11.9. The average molecular weight is 297 g/mol. The van der Waals surface area contributed by atoms with E-state index in [1.54, 1.807) is 6.07 Å². The van der Waals surface area contributed by atoms with Gasteiger partial charge < -0.3 is 25.0 Å². The summed E-state index contributed by atoms with van der Waals surface area (Å²) >= 11 is 0. The number of nitrogens with one attached hydrogen (secondary N) is 1. The zero-order chi connectivity index (χ0) is 15.8. The van der Waals surface area contributed by atoms with E-state index in [9.17, 15) is 9.59 Å². The molecule has 116 valence electrons. The summed E-state index contributed by atoms with van der Waals surface area (Å²) in [5.74, 6) is -0.927. The Kier molecular flexibility index (Phi) is 6.48. The second-order valence-electron chi connectivity index (χ2n) is 4.09. The van der Waals surface area contributed by atoms with E-state index < -0.39 is 18.0 Å². The zero-order valence-electron chi connectivity index (χ0n) is 12.0. The first-order chi connectivity index (χ1) is 9.99. The van der Waals surface area contributed by atoms with Gasteiger partial charge in [0.25, 0.3) is 5.91 Å². The molecule has 0 fully saturated rings. The number of aliphatic carboxylic acids is 1. The summed E-state index contributed by atoms with van der Waals surface area (Å²) in [6.45, 7) is 4.17. The van der Waals surface area contributed by atoms with Crippen LogP contribution < -0.4 is 14.8 Å². The fourth-order valence-corrected chi connectivity index (χ4v) is 1.57. The third-order valence-electron chi connectivity index (χ3n) is 2.55. The molecule has 21 heavy (non-hydrogen) atoms. The van der Waals surface area contributed by atoms with Crippen molar-refractivity contribution in [1.29, 1.82) is 0 Å². The number of carbonyl (C=O) groups excluding carboxylic acids is 1. The van der Waals surface area contributed by atoms with Gasteiger partial charge in [-0.3, -0.25) is 4.79 Å². The Bertz CT molecular complexity index is 502. The van der Waals surface area contributed by atoms with Gasteiger partial charge in [-0.15, -0.1) is 0 Å². The summed E-state index contributed by atoms with van der Waals surface area (Å²) in [7, 11) is 0.